The van der Waals surface area contributed by atoms with Gasteiger partial charge in [0.25, 0.3) is 0 Å². The molecule has 1 aromatic carbocycles. The van der Waals surface area contributed by atoms with Gasteiger partial charge in [-0.3, -0.25) is 0 Å². The minimum absolute atomic E-state index is 0.197. The lowest BCUT2D eigenvalue weighted by molar-refractivity contribution is 0.620. The van der Waals surface area contributed by atoms with Crippen LogP contribution in [0.2, 0.25) is 0 Å². The van der Waals surface area contributed by atoms with E-state index in [1.165, 1.54) is 0 Å². The largest absolute Gasteiger partial charge is 0.386 e. The third kappa shape index (κ3) is 2.38. The summed E-state index contributed by atoms with van der Waals surface area (Å²) in [5.41, 5.74) is 3.91. The third-order valence-corrected chi connectivity index (χ3v) is 4.46. The number of hydrogen-bond donors (Lipinski definition) is 1. The third-order valence-electron chi connectivity index (χ3n) is 3.60. The molecule has 4 aromatic rings. The Morgan fingerprint density at radius 3 is 2.88 bits per heavy atom. The first-order valence-electron chi connectivity index (χ1n) is 6.87. The van der Waals surface area contributed by atoms with E-state index >= 15 is 0 Å². The Labute approximate surface area is 145 Å². The number of nitriles is 1. The van der Waals surface area contributed by atoms with E-state index in [9.17, 15) is 5.26 Å². The average molecular weight is 354 g/mol. The second-order valence-corrected chi connectivity index (χ2v) is 5.89. The summed E-state index contributed by atoms with van der Waals surface area (Å²) in [4.78, 5) is 4.60. The maximum absolute atomic E-state index is 9.18. The van der Waals surface area contributed by atoms with E-state index in [2.05, 4.69) is 25.8 Å². The number of aromatic amines is 1. The first-order valence-corrected chi connectivity index (χ1v) is 8.12. The van der Waals surface area contributed by atoms with Gasteiger partial charge in [0.1, 0.15) is 29.4 Å². The van der Waals surface area contributed by atoms with Crippen molar-refractivity contribution in [3.8, 4) is 34.3 Å². The molecule has 0 fully saturated rings. The normalized spacial score (nSPS) is 10.7. The lowest BCUT2D eigenvalue weighted by Gasteiger charge is -2.08. The Morgan fingerprint density at radius 2 is 2.12 bits per heavy atom. The number of nitrogens with one attached hydrogen (secondary N) is 1. The van der Waals surface area contributed by atoms with Crippen molar-refractivity contribution in [2.45, 2.75) is 0 Å². The lowest BCUT2D eigenvalue weighted by atomic mass is 10.0. The van der Waals surface area contributed by atoms with Gasteiger partial charge in [-0.2, -0.15) is 26.9 Å². The van der Waals surface area contributed by atoms with Gasteiger partial charge in [0.15, 0.2) is 5.69 Å². The molecular weight excluding hydrogens is 346 g/mol. The van der Waals surface area contributed by atoms with Crippen LogP contribution in [-0.4, -0.2) is 20.4 Å². The van der Waals surface area contributed by atoms with E-state index in [0.717, 1.165) is 16.5 Å². The van der Waals surface area contributed by atoms with Crippen molar-refractivity contribution in [1.29, 1.82) is 5.26 Å². The van der Waals surface area contributed by atoms with E-state index in [0.29, 0.717) is 22.7 Å². The fourth-order valence-corrected chi connectivity index (χ4v) is 3.27. The summed E-state index contributed by atoms with van der Waals surface area (Å²) in [6.07, 6.45) is 0. The molecule has 0 atom stereocenters. The molecule has 0 aliphatic rings. The van der Waals surface area contributed by atoms with E-state index in [-0.39, 0.29) is 5.69 Å². The molecule has 0 bridgehead atoms. The fourth-order valence-electron chi connectivity index (χ4n) is 2.52. The summed E-state index contributed by atoms with van der Waals surface area (Å²) in [5, 5.41) is 24.6. The molecular formula is C16H8ClN5OS. The monoisotopic (exact) mass is 353 g/mol. The molecule has 0 radical (unpaired) electrons. The number of rotatable bonds is 3. The van der Waals surface area contributed by atoms with Gasteiger partial charge < -0.3 is 4.29 Å². The molecule has 3 heterocycles. The van der Waals surface area contributed by atoms with Gasteiger partial charge in [-0.15, -0.1) is 5.10 Å². The van der Waals surface area contributed by atoms with Crippen LogP contribution in [0.1, 0.15) is 5.69 Å². The predicted octanol–water partition coefficient (Wildman–Crippen LogP) is 4.15. The lowest BCUT2D eigenvalue weighted by Crippen LogP contribution is -1.92. The summed E-state index contributed by atoms with van der Waals surface area (Å²) in [6, 6.07) is 11.4. The maximum Gasteiger partial charge on any atom is 0.192 e. The number of pyridine rings is 1. The number of halogens is 1. The Balaban J connectivity index is 2.04. The van der Waals surface area contributed by atoms with Gasteiger partial charge in [0, 0.05) is 11.5 Å². The Morgan fingerprint density at radius 1 is 1.21 bits per heavy atom. The summed E-state index contributed by atoms with van der Waals surface area (Å²) in [5.74, 6) is 0.491. The van der Waals surface area contributed by atoms with E-state index in [1.807, 2.05) is 29.6 Å². The van der Waals surface area contributed by atoms with E-state index in [1.54, 1.807) is 23.5 Å². The molecule has 3 aromatic heterocycles. The molecule has 1 N–H and O–H groups in total. The molecule has 0 saturated heterocycles. The Hall–Kier alpha value is -2.95. The van der Waals surface area contributed by atoms with Crippen LogP contribution in [0.4, 0.5) is 0 Å². The molecule has 0 aliphatic heterocycles. The van der Waals surface area contributed by atoms with Crippen molar-refractivity contribution in [3.05, 3.63) is 46.8 Å². The molecule has 6 nitrogen and oxygen atoms in total. The van der Waals surface area contributed by atoms with Crippen LogP contribution in [0.25, 0.3) is 33.4 Å². The fraction of sp³-hybridized carbons (Fsp3) is 0. The minimum atomic E-state index is 0.197. The van der Waals surface area contributed by atoms with Crippen molar-refractivity contribution in [2.24, 2.45) is 0 Å². The van der Waals surface area contributed by atoms with Gasteiger partial charge in [-0.1, -0.05) is 0 Å². The van der Waals surface area contributed by atoms with Crippen LogP contribution >= 0.6 is 23.2 Å². The smallest absolute Gasteiger partial charge is 0.192 e. The van der Waals surface area contributed by atoms with E-state index < -0.39 is 0 Å². The molecule has 0 spiro atoms. The number of thiophene rings is 1. The summed E-state index contributed by atoms with van der Waals surface area (Å²) >= 11 is 7.07. The molecule has 0 unspecified atom stereocenters. The van der Waals surface area contributed by atoms with Crippen molar-refractivity contribution in [2.75, 3.05) is 0 Å². The number of fused-ring (bicyclic) bond motifs is 1. The maximum atomic E-state index is 9.18. The second kappa shape index (κ2) is 5.92. The molecule has 0 amide bonds. The van der Waals surface area contributed by atoms with Gasteiger partial charge in [0.05, 0.1) is 11.2 Å². The second-order valence-electron chi connectivity index (χ2n) is 4.96. The zero-order valence-electron chi connectivity index (χ0n) is 12.0. The summed E-state index contributed by atoms with van der Waals surface area (Å²) in [6.45, 7) is 0. The van der Waals surface area contributed by atoms with Crippen LogP contribution in [0.15, 0.2) is 41.1 Å². The van der Waals surface area contributed by atoms with Crippen LogP contribution in [0.3, 0.4) is 0 Å². The average Bonchev–Trinajstić information content (AvgIpc) is 3.31. The number of H-pyrrole nitrogens is 1. The molecule has 24 heavy (non-hydrogen) atoms. The van der Waals surface area contributed by atoms with Crippen LogP contribution in [0, 0.1) is 11.3 Å². The molecule has 116 valence electrons. The molecule has 8 heteroatoms. The number of benzene rings is 1. The van der Waals surface area contributed by atoms with Crippen molar-refractivity contribution in [3.63, 3.8) is 0 Å². The predicted molar refractivity (Wildman–Crippen MR) is 91.6 cm³/mol. The number of nitrogens with zero attached hydrogens (tertiary/aromatic N) is 4. The van der Waals surface area contributed by atoms with Crippen molar-refractivity contribution >= 4 is 34.1 Å². The summed E-state index contributed by atoms with van der Waals surface area (Å²) < 4.78 is 4.78. The Bertz CT molecular complexity index is 1070. The van der Waals surface area contributed by atoms with Crippen LogP contribution < -0.4 is 4.29 Å². The van der Waals surface area contributed by atoms with Crippen molar-refractivity contribution < 1.29 is 4.29 Å². The number of aromatic nitrogens is 4. The van der Waals surface area contributed by atoms with Gasteiger partial charge in [-0.25, -0.2) is 4.98 Å². The zero-order valence-corrected chi connectivity index (χ0v) is 13.6. The highest BCUT2D eigenvalue weighted by atomic mass is 35.5. The SMILES string of the molecule is N#Cc1n[nH]nc1-c1cc(-c2ccsc2)c2ccc(OCl)cc2n1. The van der Waals surface area contributed by atoms with Gasteiger partial charge in [0.2, 0.25) is 0 Å². The van der Waals surface area contributed by atoms with Gasteiger partial charge >= 0.3 is 0 Å². The zero-order chi connectivity index (χ0) is 16.5. The highest BCUT2D eigenvalue weighted by molar-refractivity contribution is 7.08. The first kappa shape index (κ1) is 14.6. The van der Waals surface area contributed by atoms with Gasteiger partial charge in [-0.05, 0) is 46.2 Å². The summed E-state index contributed by atoms with van der Waals surface area (Å²) in [7, 11) is 0. The van der Waals surface area contributed by atoms with Crippen LogP contribution in [-0.2, 0) is 0 Å². The molecule has 4 rings (SSSR count). The van der Waals surface area contributed by atoms with E-state index in [4.69, 9.17) is 16.2 Å². The number of hydrogen-bond acceptors (Lipinski definition) is 6. The molecule has 0 saturated carbocycles. The quantitative estimate of drug-likeness (QED) is 0.597. The topological polar surface area (TPSA) is 87.5 Å². The standard InChI is InChI=1S/C16H8ClN5OS/c17-23-10-1-2-11-12(9-3-4-24-8-9)6-14(19-13(11)5-10)16-15(7-18)20-22-21-16/h1-6,8H,(H,20,21,22). The molecule has 0 aliphatic carbocycles. The highest BCUT2D eigenvalue weighted by Gasteiger charge is 2.16. The van der Waals surface area contributed by atoms with Crippen LogP contribution in [0.5, 0.6) is 5.75 Å². The first-order chi connectivity index (χ1) is 11.8. The van der Waals surface area contributed by atoms with Crippen molar-refractivity contribution in [1.82, 2.24) is 20.4 Å². The minimum Gasteiger partial charge on any atom is -0.386 e. The highest BCUT2D eigenvalue weighted by Crippen LogP contribution is 2.34. The Kier molecular flexibility index (Phi) is 3.61.